The van der Waals surface area contributed by atoms with Gasteiger partial charge in [-0.1, -0.05) is 24.3 Å². The van der Waals surface area contributed by atoms with Crippen molar-refractivity contribution in [1.29, 1.82) is 0 Å². The summed E-state index contributed by atoms with van der Waals surface area (Å²) in [6, 6.07) is 16.4. The molecule has 144 valence electrons. The number of anilines is 1. The molecule has 2 heterocycles. The summed E-state index contributed by atoms with van der Waals surface area (Å²) in [7, 11) is 1.57. The Kier molecular flexibility index (Phi) is 4.83. The summed E-state index contributed by atoms with van der Waals surface area (Å²) in [6.07, 6.45) is 3.37. The Balaban J connectivity index is 1.84. The van der Waals surface area contributed by atoms with Gasteiger partial charge in [0.15, 0.2) is 5.78 Å². The summed E-state index contributed by atoms with van der Waals surface area (Å²) in [5, 5.41) is 3.53. The zero-order valence-corrected chi connectivity index (χ0v) is 16.0. The first kappa shape index (κ1) is 18.4. The standard InChI is InChI=1S/C23H19N3O3/c1-14(27)26-17-7-3-5-15(11-17)19-9-10-24-23-21(19)20(13-25-23)22(28)16-6-4-8-18(12-16)29-2/h3-13H,1-2H3,(H,24,25)(H,26,27). The molecule has 0 saturated heterocycles. The number of ether oxygens (including phenoxy) is 1. The number of rotatable bonds is 5. The lowest BCUT2D eigenvalue weighted by molar-refractivity contribution is -0.114. The Bertz CT molecular complexity index is 1230. The average Bonchev–Trinajstić information content (AvgIpc) is 3.17. The number of methoxy groups -OCH3 is 1. The first-order chi connectivity index (χ1) is 14.1. The fraction of sp³-hybridized carbons (Fsp3) is 0.0870. The summed E-state index contributed by atoms with van der Waals surface area (Å²) in [5.41, 5.74) is 4.11. The van der Waals surface area contributed by atoms with Crippen molar-refractivity contribution < 1.29 is 14.3 Å². The molecule has 0 spiro atoms. The summed E-state index contributed by atoms with van der Waals surface area (Å²) in [6.45, 7) is 1.47. The molecule has 2 aromatic heterocycles. The smallest absolute Gasteiger partial charge is 0.221 e. The minimum Gasteiger partial charge on any atom is -0.497 e. The van der Waals surface area contributed by atoms with Crippen LogP contribution >= 0.6 is 0 Å². The molecule has 0 bridgehead atoms. The summed E-state index contributed by atoms with van der Waals surface area (Å²) >= 11 is 0. The summed E-state index contributed by atoms with van der Waals surface area (Å²) in [5.74, 6) is 0.358. The van der Waals surface area contributed by atoms with Gasteiger partial charge in [0.25, 0.3) is 0 Å². The van der Waals surface area contributed by atoms with Gasteiger partial charge in [-0.25, -0.2) is 4.98 Å². The van der Waals surface area contributed by atoms with Crippen LogP contribution in [0.15, 0.2) is 67.0 Å². The second kappa shape index (κ2) is 7.59. The molecule has 2 aromatic carbocycles. The lowest BCUT2D eigenvalue weighted by atomic mass is 9.97. The third kappa shape index (κ3) is 3.60. The molecule has 2 N–H and O–H groups in total. The molecule has 4 aromatic rings. The molecule has 0 aliphatic carbocycles. The van der Waals surface area contributed by atoms with E-state index in [-0.39, 0.29) is 11.7 Å². The molecule has 0 saturated carbocycles. The fourth-order valence-electron chi connectivity index (χ4n) is 3.36. The zero-order chi connectivity index (χ0) is 20.4. The maximum absolute atomic E-state index is 13.2. The monoisotopic (exact) mass is 385 g/mol. The third-order valence-corrected chi connectivity index (χ3v) is 4.64. The fourth-order valence-corrected chi connectivity index (χ4v) is 3.36. The Morgan fingerprint density at radius 2 is 1.90 bits per heavy atom. The Morgan fingerprint density at radius 3 is 2.69 bits per heavy atom. The van der Waals surface area contributed by atoms with Crippen molar-refractivity contribution in [2.45, 2.75) is 6.92 Å². The van der Waals surface area contributed by atoms with Crippen molar-refractivity contribution >= 4 is 28.4 Å². The van der Waals surface area contributed by atoms with Crippen LogP contribution in [-0.4, -0.2) is 28.8 Å². The van der Waals surface area contributed by atoms with Crippen molar-refractivity contribution in [2.24, 2.45) is 0 Å². The van der Waals surface area contributed by atoms with Crippen LogP contribution < -0.4 is 10.1 Å². The van der Waals surface area contributed by atoms with E-state index < -0.39 is 0 Å². The number of aromatic amines is 1. The van der Waals surface area contributed by atoms with E-state index in [1.165, 1.54) is 6.92 Å². The lowest BCUT2D eigenvalue weighted by Crippen LogP contribution is -2.05. The number of benzene rings is 2. The van der Waals surface area contributed by atoms with Crippen LogP contribution in [0.25, 0.3) is 22.2 Å². The van der Waals surface area contributed by atoms with Crippen LogP contribution in [0.3, 0.4) is 0 Å². The minimum atomic E-state index is -0.141. The Morgan fingerprint density at radius 1 is 1.07 bits per heavy atom. The second-order valence-electron chi connectivity index (χ2n) is 6.61. The summed E-state index contributed by atoms with van der Waals surface area (Å²) in [4.78, 5) is 32.1. The molecular weight excluding hydrogens is 366 g/mol. The molecule has 6 heteroatoms. The lowest BCUT2D eigenvalue weighted by Gasteiger charge is -2.09. The van der Waals surface area contributed by atoms with E-state index in [1.807, 2.05) is 30.3 Å². The van der Waals surface area contributed by atoms with Gasteiger partial charge in [-0.2, -0.15) is 0 Å². The van der Waals surface area contributed by atoms with Crippen molar-refractivity contribution in [3.63, 3.8) is 0 Å². The zero-order valence-electron chi connectivity index (χ0n) is 16.0. The van der Waals surface area contributed by atoms with Crippen LogP contribution in [0.1, 0.15) is 22.8 Å². The number of amides is 1. The molecule has 0 aliphatic heterocycles. The first-order valence-corrected chi connectivity index (χ1v) is 9.09. The number of hydrogen-bond donors (Lipinski definition) is 2. The molecule has 1 amide bonds. The normalized spacial score (nSPS) is 10.7. The van der Waals surface area contributed by atoms with Crippen LogP contribution in [-0.2, 0) is 4.79 Å². The Hall–Kier alpha value is -3.93. The average molecular weight is 385 g/mol. The highest BCUT2D eigenvalue weighted by atomic mass is 16.5. The molecule has 0 fully saturated rings. The largest absolute Gasteiger partial charge is 0.497 e. The number of carbonyl (C=O) groups excluding carboxylic acids is 2. The van der Waals surface area contributed by atoms with Crippen LogP contribution in [0.4, 0.5) is 5.69 Å². The number of fused-ring (bicyclic) bond motifs is 1. The topological polar surface area (TPSA) is 84.1 Å². The number of nitrogens with zero attached hydrogens (tertiary/aromatic N) is 1. The molecule has 0 atom stereocenters. The Labute approximate surface area is 167 Å². The number of ketones is 1. The number of carbonyl (C=O) groups is 2. The third-order valence-electron chi connectivity index (χ3n) is 4.64. The van der Waals surface area contributed by atoms with E-state index in [2.05, 4.69) is 15.3 Å². The molecule has 0 unspecified atom stereocenters. The van der Waals surface area contributed by atoms with Crippen LogP contribution in [0, 0.1) is 0 Å². The molecule has 0 radical (unpaired) electrons. The van der Waals surface area contributed by atoms with E-state index in [1.54, 1.807) is 43.8 Å². The van der Waals surface area contributed by atoms with Crippen LogP contribution in [0.2, 0.25) is 0 Å². The van der Waals surface area contributed by atoms with Crippen molar-refractivity contribution in [1.82, 2.24) is 9.97 Å². The predicted octanol–water partition coefficient (Wildman–Crippen LogP) is 4.43. The summed E-state index contributed by atoms with van der Waals surface area (Å²) < 4.78 is 5.24. The maximum Gasteiger partial charge on any atom is 0.221 e. The maximum atomic E-state index is 13.2. The molecule has 4 rings (SSSR count). The number of pyridine rings is 1. The SMILES string of the molecule is COc1cccc(C(=O)c2c[nH]c3nccc(-c4cccc(NC(C)=O)c4)c23)c1. The van der Waals surface area contributed by atoms with Gasteiger partial charge >= 0.3 is 0 Å². The van der Waals surface area contributed by atoms with Crippen molar-refractivity contribution in [3.05, 3.63) is 78.1 Å². The van der Waals surface area contributed by atoms with Gasteiger partial charge in [0.1, 0.15) is 11.4 Å². The van der Waals surface area contributed by atoms with E-state index in [0.717, 1.165) is 16.5 Å². The van der Waals surface area contributed by atoms with Gasteiger partial charge in [0.05, 0.1) is 12.7 Å². The van der Waals surface area contributed by atoms with Crippen LogP contribution in [0.5, 0.6) is 5.75 Å². The predicted molar refractivity (Wildman–Crippen MR) is 112 cm³/mol. The van der Waals surface area contributed by atoms with Gasteiger partial charge in [0.2, 0.25) is 5.91 Å². The minimum absolute atomic E-state index is 0.123. The van der Waals surface area contributed by atoms with E-state index in [0.29, 0.717) is 28.2 Å². The van der Waals surface area contributed by atoms with E-state index >= 15 is 0 Å². The van der Waals surface area contributed by atoms with Gasteiger partial charge in [-0.3, -0.25) is 9.59 Å². The second-order valence-corrected chi connectivity index (χ2v) is 6.61. The first-order valence-electron chi connectivity index (χ1n) is 9.09. The number of H-pyrrole nitrogens is 1. The van der Waals surface area contributed by atoms with Gasteiger partial charge in [0, 0.05) is 36.0 Å². The van der Waals surface area contributed by atoms with E-state index in [9.17, 15) is 9.59 Å². The molecule has 6 nitrogen and oxygen atoms in total. The van der Waals surface area contributed by atoms with Crippen molar-refractivity contribution in [2.75, 3.05) is 12.4 Å². The van der Waals surface area contributed by atoms with E-state index in [4.69, 9.17) is 4.74 Å². The highest BCUT2D eigenvalue weighted by Crippen LogP contribution is 2.32. The molecule has 0 aliphatic rings. The number of aromatic nitrogens is 2. The molecular formula is C23H19N3O3. The van der Waals surface area contributed by atoms with Crippen molar-refractivity contribution in [3.8, 4) is 16.9 Å². The number of hydrogen-bond acceptors (Lipinski definition) is 4. The highest BCUT2D eigenvalue weighted by molar-refractivity contribution is 6.18. The molecule has 29 heavy (non-hydrogen) atoms. The highest BCUT2D eigenvalue weighted by Gasteiger charge is 2.19. The van der Waals surface area contributed by atoms with Gasteiger partial charge in [-0.05, 0) is 41.5 Å². The van der Waals surface area contributed by atoms with Gasteiger partial charge in [-0.15, -0.1) is 0 Å². The quantitative estimate of drug-likeness (QED) is 0.498. The number of nitrogens with one attached hydrogen (secondary N) is 2. The van der Waals surface area contributed by atoms with Gasteiger partial charge < -0.3 is 15.0 Å².